The number of nitrogens with zero attached hydrogens (tertiary/aromatic N) is 1. The van der Waals surface area contributed by atoms with Crippen molar-refractivity contribution in [3.63, 3.8) is 0 Å². The number of furan rings is 1. The Kier molecular flexibility index (Phi) is 4.90. The van der Waals surface area contributed by atoms with Gasteiger partial charge in [0.25, 0.3) is 0 Å². The molecular weight excluding hydrogens is 426 g/mol. The van der Waals surface area contributed by atoms with Crippen molar-refractivity contribution in [2.75, 3.05) is 0 Å². The van der Waals surface area contributed by atoms with Crippen molar-refractivity contribution in [3.8, 4) is 11.3 Å². The molecular formula is C33H35NO. The Labute approximate surface area is 208 Å². The SMILES string of the molecule is Cc1ccc2cc3c(cc2c1)C(C)(C)c1ccc(CC(C)C)c2oc4c(CC(C)C)cnc-3c4c12. The third kappa shape index (κ3) is 3.33. The molecule has 1 aliphatic carbocycles. The maximum absolute atomic E-state index is 6.85. The van der Waals surface area contributed by atoms with E-state index in [0.29, 0.717) is 11.8 Å². The van der Waals surface area contributed by atoms with Gasteiger partial charge in [0, 0.05) is 28.1 Å². The first-order valence-electron chi connectivity index (χ1n) is 13.1. The molecule has 0 saturated heterocycles. The van der Waals surface area contributed by atoms with Crippen molar-refractivity contribution in [2.45, 2.75) is 66.7 Å². The normalized spacial score (nSPS) is 14.5. The van der Waals surface area contributed by atoms with Gasteiger partial charge in [-0.2, -0.15) is 0 Å². The highest BCUT2D eigenvalue weighted by molar-refractivity contribution is 6.16. The third-order valence-electron chi connectivity index (χ3n) is 7.79. The van der Waals surface area contributed by atoms with E-state index < -0.39 is 0 Å². The summed E-state index contributed by atoms with van der Waals surface area (Å²) in [6.07, 6.45) is 4.05. The molecule has 2 heterocycles. The van der Waals surface area contributed by atoms with Crippen LogP contribution < -0.4 is 0 Å². The van der Waals surface area contributed by atoms with E-state index in [1.165, 1.54) is 54.9 Å². The Hall–Kier alpha value is -3.13. The molecule has 2 aromatic heterocycles. The van der Waals surface area contributed by atoms with E-state index in [-0.39, 0.29) is 5.41 Å². The lowest BCUT2D eigenvalue weighted by Gasteiger charge is -2.28. The van der Waals surface area contributed by atoms with Crippen LogP contribution in [0.2, 0.25) is 0 Å². The molecule has 0 N–H and O–H groups in total. The predicted octanol–water partition coefficient (Wildman–Crippen LogP) is 9.15. The number of fused-ring (bicyclic) bond motifs is 3. The average Bonchev–Trinajstić information content (AvgIpc) is 3.16. The maximum Gasteiger partial charge on any atom is 0.142 e. The van der Waals surface area contributed by atoms with Gasteiger partial charge in [0.1, 0.15) is 11.2 Å². The van der Waals surface area contributed by atoms with Gasteiger partial charge in [-0.1, -0.05) is 77.4 Å². The summed E-state index contributed by atoms with van der Waals surface area (Å²) in [6.45, 7) is 16.0. The second kappa shape index (κ2) is 7.68. The van der Waals surface area contributed by atoms with E-state index in [1.807, 2.05) is 0 Å². The summed E-state index contributed by atoms with van der Waals surface area (Å²) < 4.78 is 6.85. The molecule has 2 heteroatoms. The molecule has 2 nitrogen and oxygen atoms in total. The second-order valence-corrected chi connectivity index (χ2v) is 12.0. The molecule has 0 fully saturated rings. The lowest BCUT2D eigenvalue weighted by atomic mass is 9.75. The van der Waals surface area contributed by atoms with E-state index >= 15 is 0 Å². The summed E-state index contributed by atoms with van der Waals surface area (Å²) in [5.74, 6) is 1.10. The minimum Gasteiger partial charge on any atom is -0.455 e. The number of benzene rings is 3. The quantitative estimate of drug-likeness (QED) is 0.267. The van der Waals surface area contributed by atoms with Crippen LogP contribution in [-0.2, 0) is 18.3 Å². The molecule has 178 valence electrons. The predicted molar refractivity (Wildman–Crippen MR) is 148 cm³/mol. The van der Waals surface area contributed by atoms with Gasteiger partial charge in [-0.3, -0.25) is 4.98 Å². The minimum absolute atomic E-state index is 0.183. The second-order valence-electron chi connectivity index (χ2n) is 12.0. The van der Waals surface area contributed by atoms with Crippen LogP contribution in [0.5, 0.6) is 0 Å². The van der Waals surface area contributed by atoms with Crippen LogP contribution in [0, 0.1) is 18.8 Å². The first-order valence-corrected chi connectivity index (χ1v) is 13.1. The Bertz CT molecular complexity index is 1630. The van der Waals surface area contributed by atoms with Crippen LogP contribution in [0.15, 0.2) is 53.1 Å². The van der Waals surface area contributed by atoms with E-state index in [9.17, 15) is 0 Å². The summed E-state index contributed by atoms with van der Waals surface area (Å²) in [7, 11) is 0. The summed E-state index contributed by atoms with van der Waals surface area (Å²) in [5, 5.41) is 5.03. The van der Waals surface area contributed by atoms with Crippen molar-refractivity contribution in [2.24, 2.45) is 11.8 Å². The van der Waals surface area contributed by atoms with Gasteiger partial charge < -0.3 is 4.42 Å². The van der Waals surface area contributed by atoms with Crippen LogP contribution in [0.1, 0.15) is 69.4 Å². The number of aromatic nitrogens is 1. The molecule has 0 bridgehead atoms. The Balaban J connectivity index is 1.80. The van der Waals surface area contributed by atoms with Crippen LogP contribution in [0.3, 0.4) is 0 Å². The molecule has 0 amide bonds. The van der Waals surface area contributed by atoms with Gasteiger partial charge in [-0.25, -0.2) is 0 Å². The zero-order chi connectivity index (χ0) is 24.6. The Morgan fingerprint density at radius 1 is 0.771 bits per heavy atom. The highest BCUT2D eigenvalue weighted by atomic mass is 16.3. The largest absolute Gasteiger partial charge is 0.455 e. The third-order valence-corrected chi connectivity index (χ3v) is 7.79. The number of pyridine rings is 1. The summed E-state index contributed by atoms with van der Waals surface area (Å²) in [5.41, 5.74) is 10.7. The molecule has 3 aromatic carbocycles. The molecule has 0 radical (unpaired) electrons. The standard InChI is InChI=1S/C33H35NO/c1-18(2)12-22-10-11-26-28-29-30(34-17-24(13-19(3)4)32(29)35-31(22)28)25-15-21-9-8-20(5)14-23(21)16-27(25)33(26,6)7/h8-11,14-19H,12-13H2,1-7H3. The van der Waals surface area contributed by atoms with Crippen molar-refractivity contribution < 1.29 is 4.42 Å². The average molecular weight is 462 g/mol. The van der Waals surface area contributed by atoms with Crippen LogP contribution in [0.25, 0.3) is 44.0 Å². The molecule has 0 spiro atoms. The first kappa shape index (κ1) is 22.3. The fourth-order valence-electron chi connectivity index (χ4n) is 6.16. The first-order chi connectivity index (χ1) is 16.6. The highest BCUT2D eigenvalue weighted by Gasteiger charge is 2.36. The van der Waals surface area contributed by atoms with Gasteiger partial charge >= 0.3 is 0 Å². The Morgan fingerprint density at radius 3 is 2.23 bits per heavy atom. The van der Waals surface area contributed by atoms with Gasteiger partial charge in [0.2, 0.25) is 0 Å². The van der Waals surface area contributed by atoms with Crippen molar-refractivity contribution >= 4 is 32.7 Å². The molecule has 1 aliphatic rings. The molecule has 35 heavy (non-hydrogen) atoms. The lowest BCUT2D eigenvalue weighted by molar-refractivity contribution is 0.605. The molecule has 5 aromatic rings. The van der Waals surface area contributed by atoms with E-state index in [4.69, 9.17) is 9.40 Å². The van der Waals surface area contributed by atoms with Crippen LogP contribution in [-0.4, -0.2) is 4.98 Å². The van der Waals surface area contributed by atoms with Crippen LogP contribution in [0.4, 0.5) is 0 Å². The molecule has 6 rings (SSSR count). The molecule has 0 aliphatic heterocycles. The molecule has 0 saturated carbocycles. The van der Waals surface area contributed by atoms with Crippen molar-refractivity contribution in [1.29, 1.82) is 0 Å². The van der Waals surface area contributed by atoms with Crippen molar-refractivity contribution in [1.82, 2.24) is 4.98 Å². The van der Waals surface area contributed by atoms with Crippen molar-refractivity contribution in [3.05, 3.63) is 76.5 Å². The fourth-order valence-corrected chi connectivity index (χ4v) is 6.16. The maximum atomic E-state index is 6.85. The summed E-state index contributed by atoms with van der Waals surface area (Å²) in [6, 6.07) is 16.2. The van der Waals surface area contributed by atoms with E-state index in [2.05, 4.69) is 97.1 Å². The van der Waals surface area contributed by atoms with Crippen LogP contribution >= 0.6 is 0 Å². The summed E-state index contributed by atoms with van der Waals surface area (Å²) >= 11 is 0. The summed E-state index contributed by atoms with van der Waals surface area (Å²) in [4.78, 5) is 5.17. The van der Waals surface area contributed by atoms with E-state index in [1.54, 1.807) is 0 Å². The van der Waals surface area contributed by atoms with Gasteiger partial charge in [-0.15, -0.1) is 0 Å². The van der Waals surface area contributed by atoms with Gasteiger partial charge in [0.15, 0.2) is 0 Å². The number of aryl methyl sites for hydroxylation is 1. The number of rotatable bonds is 4. The highest BCUT2D eigenvalue weighted by Crippen LogP contribution is 2.51. The minimum atomic E-state index is -0.183. The zero-order valence-electron chi connectivity index (χ0n) is 22.0. The monoisotopic (exact) mass is 461 g/mol. The smallest absolute Gasteiger partial charge is 0.142 e. The molecule has 0 unspecified atom stereocenters. The lowest BCUT2D eigenvalue weighted by Crippen LogP contribution is -2.20. The number of hydrogen-bond acceptors (Lipinski definition) is 2. The fraction of sp³-hybridized carbons (Fsp3) is 0.364. The zero-order valence-corrected chi connectivity index (χ0v) is 22.0. The number of hydrogen-bond donors (Lipinski definition) is 0. The van der Waals surface area contributed by atoms with Gasteiger partial charge in [0.05, 0.1) is 11.1 Å². The molecule has 0 atom stereocenters. The topological polar surface area (TPSA) is 26.0 Å². The van der Waals surface area contributed by atoms with E-state index in [0.717, 1.165) is 29.7 Å². The van der Waals surface area contributed by atoms with Gasteiger partial charge in [-0.05, 0) is 71.2 Å². The Morgan fingerprint density at radius 2 is 1.49 bits per heavy atom.